The number of nitrogens with one attached hydrogen (secondary N) is 2. The number of hydrogen-bond donors (Lipinski definition) is 3. The first-order valence-corrected chi connectivity index (χ1v) is 15.1. The highest BCUT2D eigenvalue weighted by Gasteiger charge is 2.29. The van der Waals surface area contributed by atoms with Gasteiger partial charge in [0.25, 0.3) is 11.5 Å². The van der Waals surface area contributed by atoms with Crippen molar-refractivity contribution in [3.05, 3.63) is 92.1 Å². The fraction of sp³-hybridized carbons (Fsp3) is 0.429. The van der Waals surface area contributed by atoms with E-state index in [0.717, 1.165) is 22.3 Å². The molecule has 0 spiro atoms. The van der Waals surface area contributed by atoms with Gasteiger partial charge in [-0.2, -0.15) is 0 Å². The number of likely N-dealkylation sites (N-methyl/N-ethyl adjacent to an activating group) is 1. The van der Waals surface area contributed by atoms with Gasteiger partial charge >= 0.3 is 5.97 Å². The summed E-state index contributed by atoms with van der Waals surface area (Å²) < 4.78 is 17.1. The molecule has 3 aromatic rings. The molecule has 1 heterocycles. The Labute approximate surface area is 264 Å². The lowest BCUT2D eigenvalue weighted by molar-refractivity contribution is -0.137. The van der Waals surface area contributed by atoms with Crippen LogP contribution in [-0.4, -0.2) is 59.0 Å². The second-order valence-electron chi connectivity index (χ2n) is 12.5. The lowest BCUT2D eigenvalue weighted by Gasteiger charge is -2.25. The van der Waals surface area contributed by atoms with Crippen molar-refractivity contribution in [2.24, 2.45) is 5.92 Å². The van der Waals surface area contributed by atoms with Crippen molar-refractivity contribution in [2.45, 2.75) is 73.0 Å². The second kappa shape index (κ2) is 15.1. The zero-order chi connectivity index (χ0) is 33.6. The van der Waals surface area contributed by atoms with Crippen LogP contribution in [-0.2, 0) is 16.1 Å². The van der Waals surface area contributed by atoms with Crippen LogP contribution in [0.25, 0.3) is 11.1 Å². The van der Waals surface area contributed by atoms with Crippen LogP contribution in [0.1, 0.15) is 70.9 Å². The third-order valence-corrected chi connectivity index (χ3v) is 7.70. The Balaban J connectivity index is 1.97. The SMILES string of the molecule is Cc1cc(C)c(-c2cc(C)c(F)c([C@H](CC(=O)O)NC(=O)[C@H](CC(C)C)NC(=O)c3cccn(CCN(C)C)c3=O)c2)c(C)c1. The smallest absolute Gasteiger partial charge is 0.305 e. The second-order valence-corrected chi connectivity index (χ2v) is 12.5. The number of aryl methyl sites for hydroxylation is 4. The Kier molecular flexibility index (Phi) is 11.8. The zero-order valence-corrected chi connectivity index (χ0v) is 27.5. The molecule has 3 rings (SSSR count). The molecule has 0 radical (unpaired) electrons. The molecule has 0 saturated heterocycles. The molecule has 0 aliphatic rings. The van der Waals surface area contributed by atoms with Gasteiger partial charge in [-0.25, -0.2) is 4.39 Å². The maximum atomic E-state index is 15.7. The van der Waals surface area contributed by atoms with Gasteiger partial charge < -0.3 is 25.2 Å². The van der Waals surface area contributed by atoms with Crippen LogP contribution < -0.4 is 16.2 Å². The maximum absolute atomic E-state index is 15.7. The summed E-state index contributed by atoms with van der Waals surface area (Å²) in [6, 6.07) is 8.05. The summed E-state index contributed by atoms with van der Waals surface area (Å²) >= 11 is 0. The van der Waals surface area contributed by atoms with Crippen molar-refractivity contribution >= 4 is 17.8 Å². The van der Waals surface area contributed by atoms with Crippen LogP contribution in [0.5, 0.6) is 0 Å². The Morgan fingerprint density at radius 2 is 1.62 bits per heavy atom. The summed E-state index contributed by atoms with van der Waals surface area (Å²) in [5.41, 5.74) is 4.45. The largest absolute Gasteiger partial charge is 0.481 e. The summed E-state index contributed by atoms with van der Waals surface area (Å²) in [4.78, 5) is 53.9. The number of carboxylic acids is 1. The number of carbonyl (C=O) groups is 3. The van der Waals surface area contributed by atoms with E-state index in [1.807, 2.05) is 65.7 Å². The van der Waals surface area contributed by atoms with Crippen molar-refractivity contribution in [3.63, 3.8) is 0 Å². The number of nitrogens with zero attached hydrogens (tertiary/aromatic N) is 2. The number of hydrogen-bond acceptors (Lipinski definition) is 5. The monoisotopic (exact) mass is 620 g/mol. The Morgan fingerprint density at radius 1 is 0.978 bits per heavy atom. The molecule has 3 N–H and O–H groups in total. The molecular formula is C35H45FN4O5. The van der Waals surface area contributed by atoms with Crippen LogP contribution >= 0.6 is 0 Å². The van der Waals surface area contributed by atoms with Gasteiger partial charge in [-0.1, -0.05) is 31.5 Å². The average molecular weight is 621 g/mol. The summed E-state index contributed by atoms with van der Waals surface area (Å²) in [7, 11) is 3.75. The van der Waals surface area contributed by atoms with E-state index in [9.17, 15) is 24.3 Å². The quantitative estimate of drug-likeness (QED) is 0.249. The number of halogens is 1. The highest BCUT2D eigenvalue weighted by molar-refractivity contribution is 5.97. The van der Waals surface area contributed by atoms with Crippen LogP contribution in [0.15, 0.2) is 47.4 Å². The molecule has 242 valence electrons. The number of carbonyl (C=O) groups excluding carboxylic acids is 2. The Hall–Kier alpha value is -4.31. The zero-order valence-electron chi connectivity index (χ0n) is 27.5. The predicted octanol–water partition coefficient (Wildman–Crippen LogP) is 4.93. The van der Waals surface area contributed by atoms with Crippen LogP contribution in [0, 0.1) is 39.4 Å². The van der Waals surface area contributed by atoms with Gasteiger partial charge in [0.1, 0.15) is 17.4 Å². The molecule has 0 aliphatic carbocycles. The van der Waals surface area contributed by atoms with E-state index in [-0.39, 0.29) is 23.5 Å². The summed E-state index contributed by atoms with van der Waals surface area (Å²) in [6.07, 6.45) is 1.24. The molecule has 2 atom stereocenters. The first kappa shape index (κ1) is 35.2. The molecule has 0 fully saturated rings. The van der Waals surface area contributed by atoms with E-state index in [2.05, 4.69) is 10.6 Å². The highest BCUT2D eigenvalue weighted by atomic mass is 19.1. The standard InChI is InChI=1S/C35H45FN4O5/c1-20(2)14-29(38-33(43)26-10-9-11-40(35(26)45)13-12-39(7)8)34(44)37-28(19-30(41)42)27-18-25(17-24(6)32(27)36)31-22(4)15-21(3)16-23(31)5/h9-11,15-18,20,28-29H,12-14,19H2,1-8H3,(H,37,44)(H,38,43)(H,41,42)/t28-,29-/m0/s1. The summed E-state index contributed by atoms with van der Waals surface area (Å²) in [5, 5.41) is 15.1. The van der Waals surface area contributed by atoms with E-state index < -0.39 is 47.7 Å². The number of amides is 2. The molecule has 0 unspecified atom stereocenters. The Bertz CT molecular complexity index is 1610. The number of pyridine rings is 1. The van der Waals surface area contributed by atoms with Gasteiger partial charge in [0, 0.05) is 24.8 Å². The third kappa shape index (κ3) is 9.11. The third-order valence-electron chi connectivity index (χ3n) is 7.70. The summed E-state index contributed by atoms with van der Waals surface area (Å²) in [6.45, 7) is 12.2. The molecular weight excluding hydrogens is 575 g/mol. The van der Waals surface area contributed by atoms with Crippen LogP contribution in [0.3, 0.4) is 0 Å². The van der Waals surface area contributed by atoms with E-state index in [0.29, 0.717) is 24.2 Å². The fourth-order valence-corrected chi connectivity index (χ4v) is 5.65. The van der Waals surface area contributed by atoms with Crippen LogP contribution in [0.2, 0.25) is 0 Å². The van der Waals surface area contributed by atoms with E-state index in [4.69, 9.17) is 0 Å². The fourth-order valence-electron chi connectivity index (χ4n) is 5.65. The van der Waals surface area contributed by atoms with Crippen molar-refractivity contribution < 1.29 is 23.9 Å². The van der Waals surface area contributed by atoms with Crippen molar-refractivity contribution in [3.8, 4) is 11.1 Å². The number of carboxylic acid groups (broad SMARTS) is 1. The van der Waals surface area contributed by atoms with Crippen molar-refractivity contribution in [1.82, 2.24) is 20.1 Å². The molecule has 10 heteroatoms. The van der Waals surface area contributed by atoms with Gasteiger partial charge in [-0.3, -0.25) is 19.2 Å². The van der Waals surface area contributed by atoms with Gasteiger partial charge in [-0.05, 0) is 106 Å². The van der Waals surface area contributed by atoms with E-state index in [1.54, 1.807) is 31.3 Å². The lowest BCUT2D eigenvalue weighted by atomic mass is 9.89. The maximum Gasteiger partial charge on any atom is 0.305 e. The number of aromatic nitrogens is 1. The van der Waals surface area contributed by atoms with Gasteiger partial charge in [0.2, 0.25) is 5.91 Å². The summed E-state index contributed by atoms with van der Waals surface area (Å²) in [5.74, 6) is -3.26. The molecule has 2 aromatic carbocycles. The molecule has 0 aliphatic heterocycles. The van der Waals surface area contributed by atoms with Crippen molar-refractivity contribution in [1.29, 1.82) is 0 Å². The molecule has 2 amide bonds. The molecule has 0 saturated carbocycles. The van der Waals surface area contributed by atoms with Gasteiger partial charge in [-0.15, -0.1) is 0 Å². The Morgan fingerprint density at radius 3 is 2.20 bits per heavy atom. The average Bonchev–Trinajstić information content (AvgIpc) is 2.92. The van der Waals surface area contributed by atoms with E-state index >= 15 is 4.39 Å². The van der Waals surface area contributed by atoms with Gasteiger partial charge in [0.15, 0.2) is 0 Å². The minimum absolute atomic E-state index is 0.0405. The van der Waals surface area contributed by atoms with Crippen molar-refractivity contribution in [2.75, 3.05) is 20.6 Å². The van der Waals surface area contributed by atoms with Gasteiger partial charge in [0.05, 0.1) is 12.5 Å². The first-order valence-electron chi connectivity index (χ1n) is 15.1. The molecule has 0 bridgehead atoms. The first-order chi connectivity index (χ1) is 21.1. The molecule has 45 heavy (non-hydrogen) atoms. The van der Waals surface area contributed by atoms with Crippen LogP contribution in [0.4, 0.5) is 4.39 Å². The number of aliphatic carboxylic acids is 1. The normalized spacial score (nSPS) is 12.7. The minimum atomic E-state index is -1.22. The highest BCUT2D eigenvalue weighted by Crippen LogP contribution is 2.34. The molecule has 9 nitrogen and oxygen atoms in total. The number of benzene rings is 2. The lowest BCUT2D eigenvalue weighted by Crippen LogP contribution is -2.49. The number of rotatable bonds is 13. The predicted molar refractivity (Wildman–Crippen MR) is 174 cm³/mol. The topological polar surface area (TPSA) is 121 Å². The van der Waals surface area contributed by atoms with E-state index in [1.165, 1.54) is 10.6 Å². The molecule has 1 aromatic heterocycles. The minimum Gasteiger partial charge on any atom is -0.481 e.